The molecule has 4 heteroatoms. The lowest BCUT2D eigenvalue weighted by atomic mass is 9.89. The molecule has 2 saturated heterocycles. The van der Waals surface area contributed by atoms with Gasteiger partial charge in [0.15, 0.2) is 0 Å². The summed E-state index contributed by atoms with van der Waals surface area (Å²) in [6, 6.07) is 0. The van der Waals surface area contributed by atoms with Gasteiger partial charge < -0.3 is 10.1 Å². The Bertz CT molecular complexity index is 178. The lowest BCUT2D eigenvalue weighted by molar-refractivity contribution is -0.228. The Morgan fingerprint density at radius 1 is 1.25 bits per heavy atom. The summed E-state index contributed by atoms with van der Waals surface area (Å²) >= 11 is 0. The average Bonchev–Trinajstić information content (AvgIpc) is 2.46. The SMILES string of the molecule is FC1(F)CCCOC12CCNC2. The third-order valence-corrected chi connectivity index (χ3v) is 2.80. The van der Waals surface area contributed by atoms with Crippen molar-refractivity contribution in [3.63, 3.8) is 0 Å². The quantitative estimate of drug-likeness (QED) is 0.599. The molecule has 2 aliphatic heterocycles. The van der Waals surface area contributed by atoms with Gasteiger partial charge in [-0.05, 0) is 19.4 Å². The highest BCUT2D eigenvalue weighted by Gasteiger charge is 2.57. The number of nitrogens with one attached hydrogen (secondary N) is 1. The molecule has 1 atom stereocenters. The van der Waals surface area contributed by atoms with E-state index in [-0.39, 0.29) is 6.42 Å². The van der Waals surface area contributed by atoms with Crippen LogP contribution in [0.4, 0.5) is 8.78 Å². The number of halogens is 2. The molecular weight excluding hydrogens is 164 g/mol. The van der Waals surface area contributed by atoms with Gasteiger partial charge in [-0.2, -0.15) is 0 Å². The van der Waals surface area contributed by atoms with Crippen LogP contribution in [0.25, 0.3) is 0 Å². The van der Waals surface area contributed by atoms with Crippen LogP contribution in [0.2, 0.25) is 0 Å². The maximum Gasteiger partial charge on any atom is 0.277 e. The molecule has 0 radical (unpaired) electrons. The fourth-order valence-corrected chi connectivity index (χ4v) is 2.00. The van der Waals surface area contributed by atoms with Crippen molar-refractivity contribution in [3.05, 3.63) is 0 Å². The van der Waals surface area contributed by atoms with Crippen molar-refractivity contribution in [2.45, 2.75) is 30.8 Å². The van der Waals surface area contributed by atoms with Gasteiger partial charge in [-0.15, -0.1) is 0 Å². The molecule has 1 spiro atoms. The topological polar surface area (TPSA) is 21.3 Å². The van der Waals surface area contributed by atoms with Crippen LogP contribution in [0, 0.1) is 0 Å². The minimum Gasteiger partial charge on any atom is -0.367 e. The van der Waals surface area contributed by atoms with Gasteiger partial charge in [-0.1, -0.05) is 0 Å². The average molecular weight is 177 g/mol. The highest BCUT2D eigenvalue weighted by Crippen LogP contribution is 2.43. The fraction of sp³-hybridized carbons (Fsp3) is 1.00. The Kier molecular flexibility index (Phi) is 1.84. The van der Waals surface area contributed by atoms with Gasteiger partial charge in [-0.25, -0.2) is 8.78 Å². The molecule has 70 valence electrons. The first-order valence-corrected chi connectivity index (χ1v) is 4.39. The van der Waals surface area contributed by atoms with Crippen molar-refractivity contribution < 1.29 is 13.5 Å². The number of hydrogen-bond donors (Lipinski definition) is 1. The van der Waals surface area contributed by atoms with Gasteiger partial charge in [0.25, 0.3) is 5.92 Å². The second-order valence-electron chi connectivity index (χ2n) is 3.58. The second kappa shape index (κ2) is 2.64. The third kappa shape index (κ3) is 1.05. The van der Waals surface area contributed by atoms with Crippen LogP contribution in [0.5, 0.6) is 0 Å². The van der Waals surface area contributed by atoms with Crippen molar-refractivity contribution in [2.75, 3.05) is 19.7 Å². The molecule has 0 saturated carbocycles. The maximum atomic E-state index is 13.4. The van der Waals surface area contributed by atoms with E-state index >= 15 is 0 Å². The predicted octanol–water partition coefficient (Wildman–Crippen LogP) is 1.16. The van der Waals surface area contributed by atoms with E-state index in [1.807, 2.05) is 0 Å². The smallest absolute Gasteiger partial charge is 0.277 e. The van der Waals surface area contributed by atoms with Crippen LogP contribution in [-0.2, 0) is 4.74 Å². The summed E-state index contributed by atoms with van der Waals surface area (Å²) in [5, 5.41) is 2.93. The van der Waals surface area contributed by atoms with Crippen molar-refractivity contribution in [3.8, 4) is 0 Å². The Hall–Kier alpha value is -0.220. The number of ether oxygens (including phenoxy) is 1. The van der Waals surface area contributed by atoms with Crippen LogP contribution < -0.4 is 5.32 Å². The van der Waals surface area contributed by atoms with Crippen LogP contribution >= 0.6 is 0 Å². The lowest BCUT2D eigenvalue weighted by Gasteiger charge is -2.40. The summed E-state index contributed by atoms with van der Waals surface area (Å²) in [5.74, 6) is -2.63. The van der Waals surface area contributed by atoms with E-state index in [4.69, 9.17) is 4.74 Å². The van der Waals surface area contributed by atoms with Crippen LogP contribution in [0.1, 0.15) is 19.3 Å². The van der Waals surface area contributed by atoms with E-state index in [0.717, 1.165) is 0 Å². The molecule has 0 amide bonds. The van der Waals surface area contributed by atoms with Crippen LogP contribution in [-0.4, -0.2) is 31.2 Å². The molecule has 2 nitrogen and oxygen atoms in total. The zero-order valence-electron chi connectivity index (χ0n) is 6.91. The number of rotatable bonds is 0. The number of hydrogen-bond acceptors (Lipinski definition) is 2. The van der Waals surface area contributed by atoms with Gasteiger partial charge in [0.05, 0.1) is 0 Å². The molecule has 0 aromatic carbocycles. The summed E-state index contributed by atoms with van der Waals surface area (Å²) < 4.78 is 32.0. The van der Waals surface area contributed by atoms with Crippen molar-refractivity contribution >= 4 is 0 Å². The van der Waals surface area contributed by atoms with E-state index in [9.17, 15) is 8.78 Å². The van der Waals surface area contributed by atoms with Gasteiger partial charge in [0.1, 0.15) is 5.60 Å². The fourth-order valence-electron chi connectivity index (χ4n) is 2.00. The molecule has 12 heavy (non-hydrogen) atoms. The second-order valence-corrected chi connectivity index (χ2v) is 3.58. The molecule has 0 aromatic rings. The summed E-state index contributed by atoms with van der Waals surface area (Å²) in [6.45, 7) is 1.44. The van der Waals surface area contributed by atoms with E-state index in [2.05, 4.69) is 5.32 Å². The number of alkyl halides is 2. The molecule has 2 heterocycles. The largest absolute Gasteiger partial charge is 0.367 e. The molecule has 2 aliphatic rings. The van der Waals surface area contributed by atoms with Gasteiger partial charge in [0, 0.05) is 19.6 Å². The summed E-state index contributed by atoms with van der Waals surface area (Å²) in [6.07, 6.45) is 0.906. The van der Waals surface area contributed by atoms with E-state index in [1.165, 1.54) is 0 Å². The monoisotopic (exact) mass is 177 g/mol. The maximum absolute atomic E-state index is 13.4. The van der Waals surface area contributed by atoms with Gasteiger partial charge in [-0.3, -0.25) is 0 Å². The van der Waals surface area contributed by atoms with E-state index in [1.54, 1.807) is 0 Å². The van der Waals surface area contributed by atoms with E-state index < -0.39 is 11.5 Å². The lowest BCUT2D eigenvalue weighted by Crippen LogP contribution is -2.54. The summed E-state index contributed by atoms with van der Waals surface area (Å²) in [5.41, 5.74) is -1.18. The van der Waals surface area contributed by atoms with E-state index in [0.29, 0.717) is 32.5 Å². The Balaban J connectivity index is 2.19. The van der Waals surface area contributed by atoms with Gasteiger partial charge in [0.2, 0.25) is 0 Å². The first-order valence-electron chi connectivity index (χ1n) is 4.39. The molecule has 0 aliphatic carbocycles. The van der Waals surface area contributed by atoms with Crippen LogP contribution in [0.3, 0.4) is 0 Å². The van der Waals surface area contributed by atoms with Crippen LogP contribution in [0.15, 0.2) is 0 Å². The van der Waals surface area contributed by atoms with Crippen molar-refractivity contribution in [1.82, 2.24) is 5.32 Å². The molecule has 0 bridgehead atoms. The highest BCUT2D eigenvalue weighted by atomic mass is 19.3. The molecule has 1 N–H and O–H groups in total. The minimum absolute atomic E-state index is 0.0192. The molecule has 2 fully saturated rings. The molecular formula is C8H13F2NO. The zero-order chi connectivity index (χ0) is 8.66. The molecule has 2 rings (SSSR count). The van der Waals surface area contributed by atoms with Gasteiger partial charge >= 0.3 is 0 Å². The Morgan fingerprint density at radius 2 is 2.08 bits per heavy atom. The Morgan fingerprint density at radius 3 is 2.67 bits per heavy atom. The predicted molar refractivity (Wildman–Crippen MR) is 40.4 cm³/mol. The zero-order valence-corrected chi connectivity index (χ0v) is 6.91. The third-order valence-electron chi connectivity index (χ3n) is 2.80. The summed E-state index contributed by atoms with van der Waals surface area (Å²) in [7, 11) is 0. The highest BCUT2D eigenvalue weighted by molar-refractivity contribution is 5.02. The normalized spacial score (nSPS) is 40.5. The standard InChI is InChI=1S/C8H13F2NO/c9-8(10)2-1-5-12-7(8)3-4-11-6-7/h11H,1-6H2. The molecule has 0 aromatic heterocycles. The van der Waals surface area contributed by atoms with Crippen molar-refractivity contribution in [2.24, 2.45) is 0 Å². The van der Waals surface area contributed by atoms with Crippen molar-refractivity contribution in [1.29, 1.82) is 0 Å². The first kappa shape index (κ1) is 8.38. The first-order chi connectivity index (χ1) is 5.66. The Labute approximate surface area is 70.3 Å². The summed E-state index contributed by atoms with van der Waals surface area (Å²) in [4.78, 5) is 0. The molecule has 1 unspecified atom stereocenters. The minimum atomic E-state index is -2.63.